The Balaban J connectivity index is 2.49. The number of hydrogen-bond acceptors (Lipinski definition) is 11. The van der Waals surface area contributed by atoms with Gasteiger partial charge in [0.25, 0.3) is 10.1 Å². The molecule has 0 saturated carbocycles. The summed E-state index contributed by atoms with van der Waals surface area (Å²) in [5.74, 6) is -2.00. The molecule has 1 saturated heterocycles. The zero-order valence-electron chi connectivity index (χ0n) is 31.5. The summed E-state index contributed by atoms with van der Waals surface area (Å²) in [6.07, 6.45) is 18.6. The molecule has 4 N–H and O–H groups in total. The molecule has 1 rings (SSSR count). The molecule has 0 aromatic heterocycles. The van der Waals surface area contributed by atoms with Crippen molar-refractivity contribution in [1.29, 1.82) is 0 Å². The van der Waals surface area contributed by atoms with Crippen molar-refractivity contribution in [1.82, 2.24) is 0 Å². The molecule has 0 aliphatic carbocycles. The smallest absolute Gasteiger partial charge is 0.306 e. The molecule has 51 heavy (non-hydrogen) atoms. The third-order valence-corrected chi connectivity index (χ3v) is 9.85. The van der Waals surface area contributed by atoms with Gasteiger partial charge in [0.15, 0.2) is 12.4 Å². The molecule has 0 spiro atoms. The van der Waals surface area contributed by atoms with Gasteiger partial charge in [-0.15, -0.1) is 0 Å². The van der Waals surface area contributed by atoms with Gasteiger partial charge in [0.2, 0.25) is 0 Å². The minimum absolute atomic E-state index is 0.164. The Morgan fingerprint density at radius 2 is 1.12 bits per heavy atom. The number of hydrogen-bond donors (Lipinski definition) is 4. The van der Waals surface area contributed by atoms with Crippen LogP contribution in [0.4, 0.5) is 0 Å². The monoisotopic (exact) mass is 750 g/mol. The third-order valence-electron chi connectivity index (χ3n) is 9.10. The van der Waals surface area contributed by atoms with Crippen molar-refractivity contribution in [3.8, 4) is 0 Å². The number of aliphatic hydroxyl groups is 3. The SMILES string of the molecule is CCCCCCCCCC/C=C/CCCCCC(=O)OC[C@H](CO[C@H]1O[C@H](CS(=O)(=O)O)[C@@H](O)C(O)C1O)OC(=O)CCCCCCCCCC. The minimum Gasteiger partial charge on any atom is -0.462 e. The Hall–Kier alpha value is -1.61. The molecule has 1 fully saturated rings. The first-order chi connectivity index (χ1) is 24.5. The lowest BCUT2D eigenvalue weighted by molar-refractivity contribution is -0.297. The fourth-order valence-electron chi connectivity index (χ4n) is 5.96. The quantitative estimate of drug-likeness (QED) is 0.0247. The molecule has 1 aliphatic heterocycles. The van der Waals surface area contributed by atoms with E-state index in [0.29, 0.717) is 12.8 Å². The van der Waals surface area contributed by atoms with Gasteiger partial charge in [-0.1, -0.05) is 122 Å². The van der Waals surface area contributed by atoms with Crippen LogP contribution in [0.2, 0.25) is 0 Å². The van der Waals surface area contributed by atoms with E-state index in [0.717, 1.165) is 44.9 Å². The second kappa shape index (κ2) is 29.8. The second-order valence-electron chi connectivity index (χ2n) is 14.0. The highest BCUT2D eigenvalue weighted by Crippen LogP contribution is 2.24. The maximum Gasteiger partial charge on any atom is 0.306 e. The van der Waals surface area contributed by atoms with Gasteiger partial charge in [0.1, 0.15) is 36.8 Å². The Morgan fingerprint density at radius 1 is 0.647 bits per heavy atom. The maximum absolute atomic E-state index is 12.6. The van der Waals surface area contributed by atoms with E-state index in [9.17, 15) is 37.9 Å². The van der Waals surface area contributed by atoms with E-state index in [1.807, 2.05) is 0 Å². The molecule has 0 amide bonds. The minimum atomic E-state index is -4.59. The van der Waals surface area contributed by atoms with E-state index >= 15 is 0 Å². The molecule has 13 heteroatoms. The maximum atomic E-state index is 12.6. The fourth-order valence-corrected chi connectivity index (χ4v) is 6.65. The number of aliphatic hydroxyl groups excluding tert-OH is 3. The fraction of sp³-hybridized carbons (Fsp3) is 0.895. The van der Waals surface area contributed by atoms with Crippen LogP contribution < -0.4 is 0 Å². The lowest BCUT2D eigenvalue weighted by atomic mass is 10.00. The van der Waals surface area contributed by atoms with E-state index < -0.39 is 71.2 Å². The van der Waals surface area contributed by atoms with Gasteiger partial charge in [-0.25, -0.2) is 0 Å². The summed E-state index contributed by atoms with van der Waals surface area (Å²) in [5.41, 5.74) is 0. The van der Waals surface area contributed by atoms with Crippen LogP contribution in [0.3, 0.4) is 0 Å². The van der Waals surface area contributed by atoms with Gasteiger partial charge < -0.3 is 34.3 Å². The van der Waals surface area contributed by atoms with Crippen LogP contribution in [-0.4, -0.2) is 96.0 Å². The molecule has 300 valence electrons. The molecule has 2 unspecified atom stereocenters. The summed E-state index contributed by atoms with van der Waals surface area (Å²) < 4.78 is 53.7. The molecule has 0 aromatic carbocycles. The van der Waals surface area contributed by atoms with Gasteiger partial charge in [-0.3, -0.25) is 14.1 Å². The van der Waals surface area contributed by atoms with Crippen molar-refractivity contribution in [2.24, 2.45) is 0 Å². The first kappa shape index (κ1) is 47.4. The molecule has 12 nitrogen and oxygen atoms in total. The zero-order chi connectivity index (χ0) is 37.7. The van der Waals surface area contributed by atoms with Gasteiger partial charge in [-0.05, 0) is 38.5 Å². The largest absolute Gasteiger partial charge is 0.462 e. The van der Waals surface area contributed by atoms with Crippen molar-refractivity contribution in [3.05, 3.63) is 12.2 Å². The average Bonchev–Trinajstić information content (AvgIpc) is 3.09. The number of unbranched alkanes of at least 4 members (excludes halogenated alkanes) is 18. The number of esters is 2. The van der Waals surface area contributed by atoms with Crippen LogP contribution in [0.25, 0.3) is 0 Å². The Kier molecular flexibility index (Phi) is 27.7. The lowest BCUT2D eigenvalue weighted by Gasteiger charge is -2.40. The summed E-state index contributed by atoms with van der Waals surface area (Å²) in [7, 11) is -4.59. The van der Waals surface area contributed by atoms with Gasteiger partial charge in [0, 0.05) is 12.8 Å². The van der Waals surface area contributed by atoms with E-state index in [2.05, 4.69) is 26.0 Å². The standard InChI is InChI=1S/C38H70O12S/c1-3-5-7-9-11-13-14-15-16-17-18-19-21-22-24-26-33(39)47-28-31(49-34(40)27-25-23-20-12-10-8-6-4-2)29-48-38-37(43)36(42)35(41)32(50-38)30-51(44,45)46/h17-18,31-32,35-38,41-43H,3-16,19-30H2,1-2H3,(H,44,45,46)/b18-17+/t31-,32-,35-,36?,37?,38+/m1/s1. The Bertz CT molecular complexity index is 1020. The zero-order valence-corrected chi connectivity index (χ0v) is 32.3. The molecular formula is C38H70O12S. The third kappa shape index (κ3) is 25.1. The summed E-state index contributed by atoms with van der Waals surface area (Å²) in [6, 6.07) is 0. The Labute approximate surface area is 307 Å². The molecular weight excluding hydrogens is 680 g/mol. The molecule has 0 aromatic rings. The van der Waals surface area contributed by atoms with Crippen LogP contribution in [0.5, 0.6) is 0 Å². The number of rotatable bonds is 32. The average molecular weight is 751 g/mol. The number of ether oxygens (including phenoxy) is 4. The number of carbonyl (C=O) groups is 2. The van der Waals surface area contributed by atoms with Crippen LogP contribution >= 0.6 is 0 Å². The second-order valence-corrected chi connectivity index (χ2v) is 15.4. The summed E-state index contributed by atoms with van der Waals surface area (Å²) in [4.78, 5) is 25.1. The summed E-state index contributed by atoms with van der Waals surface area (Å²) in [6.45, 7) is 3.68. The Morgan fingerprint density at radius 3 is 1.65 bits per heavy atom. The highest BCUT2D eigenvalue weighted by molar-refractivity contribution is 7.85. The van der Waals surface area contributed by atoms with Crippen LogP contribution in [0, 0.1) is 0 Å². The predicted molar refractivity (Wildman–Crippen MR) is 197 cm³/mol. The summed E-state index contributed by atoms with van der Waals surface area (Å²) in [5, 5.41) is 30.7. The molecule has 0 radical (unpaired) electrons. The predicted octanol–water partition coefficient (Wildman–Crippen LogP) is 6.72. The van der Waals surface area contributed by atoms with E-state index in [1.165, 1.54) is 77.0 Å². The highest BCUT2D eigenvalue weighted by Gasteiger charge is 2.46. The van der Waals surface area contributed by atoms with Crippen molar-refractivity contribution in [2.75, 3.05) is 19.0 Å². The number of carbonyl (C=O) groups excluding carboxylic acids is 2. The molecule has 0 bridgehead atoms. The van der Waals surface area contributed by atoms with Gasteiger partial charge in [-0.2, -0.15) is 8.42 Å². The van der Waals surface area contributed by atoms with Crippen molar-refractivity contribution in [3.63, 3.8) is 0 Å². The normalized spacial score (nSPS) is 21.6. The van der Waals surface area contributed by atoms with Crippen molar-refractivity contribution < 1.29 is 56.8 Å². The molecule has 6 atom stereocenters. The first-order valence-corrected chi connectivity index (χ1v) is 21.4. The van der Waals surface area contributed by atoms with E-state index in [1.54, 1.807) is 0 Å². The van der Waals surface area contributed by atoms with Crippen LogP contribution in [0.1, 0.15) is 162 Å². The van der Waals surface area contributed by atoms with Crippen molar-refractivity contribution in [2.45, 2.75) is 198 Å². The molecule has 1 heterocycles. The van der Waals surface area contributed by atoms with Gasteiger partial charge in [0.05, 0.1) is 6.61 Å². The number of allylic oxidation sites excluding steroid dienone is 2. The lowest BCUT2D eigenvalue weighted by Crippen LogP contribution is -2.60. The highest BCUT2D eigenvalue weighted by atomic mass is 32.2. The molecule has 1 aliphatic rings. The van der Waals surface area contributed by atoms with Gasteiger partial charge >= 0.3 is 11.9 Å². The topological polar surface area (TPSA) is 186 Å². The van der Waals surface area contributed by atoms with Crippen LogP contribution in [-0.2, 0) is 38.7 Å². The van der Waals surface area contributed by atoms with E-state index in [4.69, 9.17) is 18.9 Å². The van der Waals surface area contributed by atoms with Crippen LogP contribution in [0.15, 0.2) is 12.2 Å². The van der Waals surface area contributed by atoms with Crippen molar-refractivity contribution >= 4 is 22.1 Å². The summed E-state index contributed by atoms with van der Waals surface area (Å²) >= 11 is 0. The van der Waals surface area contributed by atoms with E-state index in [-0.39, 0.29) is 19.4 Å². The first-order valence-electron chi connectivity index (χ1n) is 19.7.